The van der Waals surface area contributed by atoms with Crippen LogP contribution in [-0.4, -0.2) is 22.1 Å². The highest BCUT2D eigenvalue weighted by molar-refractivity contribution is 5.91. The lowest BCUT2D eigenvalue weighted by molar-refractivity contribution is -0.116. The van der Waals surface area contributed by atoms with Gasteiger partial charge in [-0.25, -0.2) is 4.79 Å². The summed E-state index contributed by atoms with van der Waals surface area (Å²) in [6, 6.07) is 22.0. The average Bonchev–Trinajstić information content (AvgIpc) is 3.35. The van der Waals surface area contributed by atoms with Gasteiger partial charge in [-0.3, -0.25) is 4.79 Å². The molecule has 1 heterocycles. The van der Waals surface area contributed by atoms with Gasteiger partial charge < -0.3 is 25.5 Å². The van der Waals surface area contributed by atoms with Crippen LogP contribution in [-0.2, 0) is 4.79 Å². The van der Waals surface area contributed by atoms with E-state index in [-0.39, 0.29) is 12.3 Å². The van der Waals surface area contributed by atoms with Crippen molar-refractivity contribution < 1.29 is 18.7 Å². The minimum Gasteiger partial charge on any atom is -0.457 e. The third kappa shape index (κ3) is 5.95. The molecule has 4 N–H and O–H groups in total. The van der Waals surface area contributed by atoms with Gasteiger partial charge in [-0.2, -0.15) is 0 Å². The van der Waals surface area contributed by atoms with Gasteiger partial charge in [-0.05, 0) is 54.1 Å². The summed E-state index contributed by atoms with van der Waals surface area (Å²) in [5.41, 5.74) is 7.35. The Labute approximate surface area is 189 Å². The Hall–Kier alpha value is -4.66. The van der Waals surface area contributed by atoms with Crippen molar-refractivity contribution in [3.8, 4) is 23.0 Å². The van der Waals surface area contributed by atoms with Gasteiger partial charge in [0.15, 0.2) is 0 Å². The van der Waals surface area contributed by atoms with E-state index in [4.69, 9.17) is 14.9 Å². The number of carbonyl (C=O) groups excluding carboxylic acids is 2. The number of urea groups is 1. The molecule has 9 heteroatoms. The monoisotopic (exact) mass is 443 g/mol. The Kier molecular flexibility index (Phi) is 6.60. The second kappa shape index (κ2) is 10.1. The molecule has 0 aliphatic heterocycles. The number of ether oxygens (including phenoxy) is 1. The molecular formula is C24H21N5O4. The van der Waals surface area contributed by atoms with Crippen LogP contribution in [0, 0.1) is 0 Å². The summed E-state index contributed by atoms with van der Waals surface area (Å²) >= 11 is 0. The minimum atomic E-state index is -0.730. The van der Waals surface area contributed by atoms with E-state index in [0.29, 0.717) is 28.6 Å². The topological polar surface area (TPSA) is 132 Å². The van der Waals surface area contributed by atoms with E-state index in [1.165, 1.54) is 6.39 Å². The second-order valence-corrected chi connectivity index (χ2v) is 7.12. The molecule has 0 spiro atoms. The van der Waals surface area contributed by atoms with Crippen molar-refractivity contribution in [3.63, 3.8) is 0 Å². The van der Waals surface area contributed by atoms with Crippen LogP contribution >= 0.6 is 0 Å². The molecule has 4 aromatic rings. The summed E-state index contributed by atoms with van der Waals surface area (Å²) in [5, 5.41) is 12.9. The van der Waals surface area contributed by atoms with Crippen LogP contribution in [0.15, 0.2) is 89.7 Å². The number of aromatic nitrogens is 2. The van der Waals surface area contributed by atoms with Gasteiger partial charge >= 0.3 is 6.03 Å². The summed E-state index contributed by atoms with van der Waals surface area (Å²) < 4.78 is 11.0. The van der Waals surface area contributed by atoms with Crippen LogP contribution in [0.5, 0.6) is 11.5 Å². The molecule has 9 nitrogen and oxygen atoms in total. The normalized spacial score (nSPS) is 11.4. The smallest absolute Gasteiger partial charge is 0.312 e. The predicted molar refractivity (Wildman–Crippen MR) is 121 cm³/mol. The second-order valence-electron chi connectivity index (χ2n) is 7.12. The molecule has 3 aromatic carbocycles. The molecule has 0 aliphatic carbocycles. The first-order chi connectivity index (χ1) is 16.1. The molecular weight excluding hydrogens is 422 g/mol. The lowest BCUT2D eigenvalue weighted by Crippen LogP contribution is -2.35. The van der Waals surface area contributed by atoms with Gasteiger partial charge in [0.1, 0.15) is 11.5 Å². The van der Waals surface area contributed by atoms with E-state index in [1.807, 2.05) is 30.3 Å². The average molecular weight is 443 g/mol. The maximum absolute atomic E-state index is 12.7. The number of anilines is 1. The fourth-order valence-corrected chi connectivity index (χ4v) is 3.24. The minimum absolute atomic E-state index is 0.0247. The van der Waals surface area contributed by atoms with Gasteiger partial charge in [0.2, 0.25) is 18.2 Å². The van der Waals surface area contributed by atoms with E-state index in [2.05, 4.69) is 20.8 Å². The zero-order chi connectivity index (χ0) is 23.0. The van der Waals surface area contributed by atoms with E-state index in [1.54, 1.807) is 48.5 Å². The third-order valence-corrected chi connectivity index (χ3v) is 4.72. The van der Waals surface area contributed by atoms with Crippen molar-refractivity contribution >= 4 is 17.6 Å². The number of primary amides is 1. The van der Waals surface area contributed by atoms with Gasteiger partial charge in [0.25, 0.3) is 0 Å². The maximum Gasteiger partial charge on any atom is 0.312 e. The van der Waals surface area contributed by atoms with Crippen molar-refractivity contribution in [3.05, 3.63) is 90.8 Å². The lowest BCUT2D eigenvalue weighted by Gasteiger charge is -2.19. The van der Waals surface area contributed by atoms with E-state index in [9.17, 15) is 9.59 Å². The molecule has 33 heavy (non-hydrogen) atoms. The molecule has 4 rings (SSSR count). The number of amides is 3. The molecule has 1 unspecified atom stereocenters. The molecule has 0 saturated carbocycles. The summed E-state index contributed by atoms with van der Waals surface area (Å²) in [6.07, 6.45) is 1.22. The molecule has 1 aromatic heterocycles. The first kappa shape index (κ1) is 21.6. The van der Waals surface area contributed by atoms with E-state index >= 15 is 0 Å². The molecule has 0 bridgehead atoms. The number of benzene rings is 3. The third-order valence-electron chi connectivity index (χ3n) is 4.72. The number of para-hydroxylation sites is 1. The Balaban J connectivity index is 1.44. The molecule has 0 fully saturated rings. The fraction of sp³-hybridized carbons (Fsp3) is 0.0833. The summed E-state index contributed by atoms with van der Waals surface area (Å²) in [7, 11) is 0. The summed E-state index contributed by atoms with van der Waals surface area (Å²) in [4.78, 5) is 24.3. The summed E-state index contributed by atoms with van der Waals surface area (Å²) in [6.45, 7) is 0. The van der Waals surface area contributed by atoms with Crippen LogP contribution in [0.3, 0.4) is 0 Å². The van der Waals surface area contributed by atoms with Crippen LogP contribution < -0.4 is 21.1 Å². The Bertz CT molecular complexity index is 1210. The highest BCUT2D eigenvalue weighted by Gasteiger charge is 2.18. The van der Waals surface area contributed by atoms with Crippen molar-refractivity contribution in [2.75, 3.05) is 5.32 Å². The summed E-state index contributed by atoms with van der Waals surface area (Å²) in [5.74, 6) is 1.34. The van der Waals surface area contributed by atoms with Crippen molar-refractivity contribution in [2.24, 2.45) is 5.73 Å². The van der Waals surface area contributed by atoms with Crippen LogP contribution in [0.1, 0.15) is 18.0 Å². The molecule has 0 aliphatic rings. The highest BCUT2D eigenvalue weighted by Crippen LogP contribution is 2.26. The van der Waals surface area contributed by atoms with Gasteiger partial charge in [0, 0.05) is 11.3 Å². The predicted octanol–water partition coefficient (Wildman–Crippen LogP) is 4.27. The Morgan fingerprint density at radius 3 is 2.42 bits per heavy atom. The number of nitrogens with zero attached hydrogens (tertiary/aromatic N) is 2. The molecule has 0 radical (unpaired) electrons. The van der Waals surface area contributed by atoms with Crippen molar-refractivity contribution in [2.45, 2.75) is 12.5 Å². The first-order valence-corrected chi connectivity index (χ1v) is 10.1. The van der Waals surface area contributed by atoms with Crippen LogP contribution in [0.4, 0.5) is 10.5 Å². The highest BCUT2D eigenvalue weighted by atomic mass is 16.5. The van der Waals surface area contributed by atoms with Crippen LogP contribution in [0.2, 0.25) is 0 Å². The van der Waals surface area contributed by atoms with Gasteiger partial charge in [0.05, 0.1) is 12.5 Å². The number of hydrogen-bond donors (Lipinski definition) is 3. The zero-order valence-corrected chi connectivity index (χ0v) is 17.5. The SMILES string of the molecule is NC(=O)NC(CC(=O)Nc1ccc(-c2nnco2)cc1)c1cccc(Oc2ccccc2)c1. The number of hydrogen-bond acceptors (Lipinski definition) is 6. The van der Waals surface area contributed by atoms with E-state index < -0.39 is 12.1 Å². The molecule has 3 amide bonds. The quantitative estimate of drug-likeness (QED) is 0.373. The first-order valence-electron chi connectivity index (χ1n) is 10.1. The van der Waals surface area contributed by atoms with Crippen molar-refractivity contribution in [1.82, 2.24) is 15.5 Å². The molecule has 166 valence electrons. The number of carbonyl (C=O) groups is 2. The molecule has 1 atom stereocenters. The Morgan fingerprint density at radius 2 is 1.73 bits per heavy atom. The Morgan fingerprint density at radius 1 is 0.970 bits per heavy atom. The fourth-order valence-electron chi connectivity index (χ4n) is 3.24. The number of nitrogens with one attached hydrogen (secondary N) is 2. The molecule has 0 saturated heterocycles. The van der Waals surface area contributed by atoms with Crippen LogP contribution in [0.25, 0.3) is 11.5 Å². The standard InChI is InChI=1S/C24H21N5O4/c25-24(31)28-21(17-5-4-8-20(13-17)33-19-6-2-1-3-7-19)14-22(30)27-18-11-9-16(10-12-18)23-29-26-15-32-23/h1-13,15,21H,14H2,(H,27,30)(H3,25,28,31). The lowest BCUT2D eigenvalue weighted by atomic mass is 10.0. The van der Waals surface area contributed by atoms with Crippen molar-refractivity contribution in [1.29, 1.82) is 0 Å². The number of nitrogens with two attached hydrogens (primary N) is 1. The largest absolute Gasteiger partial charge is 0.457 e. The van der Waals surface area contributed by atoms with Gasteiger partial charge in [-0.15, -0.1) is 10.2 Å². The van der Waals surface area contributed by atoms with Gasteiger partial charge in [-0.1, -0.05) is 30.3 Å². The number of rotatable bonds is 8. The van der Waals surface area contributed by atoms with E-state index in [0.717, 1.165) is 5.56 Å². The maximum atomic E-state index is 12.7. The zero-order valence-electron chi connectivity index (χ0n) is 17.5.